The molecule has 3 aromatic carbocycles. The number of morpholine rings is 1. The first-order valence-corrected chi connectivity index (χ1v) is 12.2. The maximum Gasteiger partial charge on any atom is 0.255 e. The minimum atomic E-state index is -0.174. The molecule has 1 N–H and O–H groups in total. The van der Waals surface area contributed by atoms with Crippen molar-refractivity contribution < 1.29 is 14.3 Å². The minimum absolute atomic E-state index is 0.0536. The molecule has 1 aliphatic rings. The number of carbonyl (C=O) groups excluding carboxylic acids is 1. The molecular weight excluding hydrogens is 452 g/mol. The van der Waals surface area contributed by atoms with Gasteiger partial charge in [-0.05, 0) is 29.8 Å². The molecule has 7 heteroatoms. The smallest absolute Gasteiger partial charge is 0.255 e. The molecule has 0 radical (unpaired) electrons. The summed E-state index contributed by atoms with van der Waals surface area (Å²) < 4.78 is 12.9. The highest BCUT2D eigenvalue weighted by Crippen LogP contribution is 2.32. The topological polar surface area (TPSA) is 68.6 Å². The Hall–Kier alpha value is -3.94. The average molecular weight is 483 g/mol. The lowest BCUT2D eigenvalue weighted by Crippen LogP contribution is -2.43. The molecule has 36 heavy (non-hydrogen) atoms. The SMILES string of the molecule is COc1ccccc1-c1nn(-c2ccccc2)cc1C(=O)NC[C@H](c1ccccc1)N1CCOCC1. The first-order chi connectivity index (χ1) is 17.7. The van der Waals surface area contributed by atoms with Crippen LogP contribution in [0, 0.1) is 0 Å². The van der Waals surface area contributed by atoms with Crippen molar-refractivity contribution in [1.82, 2.24) is 20.0 Å². The first kappa shape index (κ1) is 23.8. The Morgan fingerprint density at radius 3 is 2.36 bits per heavy atom. The molecule has 7 nitrogen and oxygen atoms in total. The van der Waals surface area contributed by atoms with Gasteiger partial charge in [0, 0.05) is 31.4 Å². The molecule has 4 aromatic rings. The van der Waals surface area contributed by atoms with Gasteiger partial charge in [0.25, 0.3) is 5.91 Å². The zero-order valence-electron chi connectivity index (χ0n) is 20.3. The molecule has 0 unspecified atom stereocenters. The molecule has 1 aliphatic heterocycles. The molecular formula is C29H30N4O3. The number of rotatable bonds is 8. The summed E-state index contributed by atoms with van der Waals surface area (Å²) in [4.78, 5) is 16.0. The van der Waals surface area contributed by atoms with Crippen molar-refractivity contribution in [2.45, 2.75) is 6.04 Å². The zero-order valence-corrected chi connectivity index (χ0v) is 20.3. The van der Waals surface area contributed by atoms with Crippen LogP contribution in [0.15, 0.2) is 91.1 Å². The average Bonchev–Trinajstić information content (AvgIpc) is 3.40. The fourth-order valence-corrected chi connectivity index (χ4v) is 4.60. The Kier molecular flexibility index (Phi) is 7.40. The minimum Gasteiger partial charge on any atom is -0.496 e. The number of methoxy groups -OCH3 is 1. The van der Waals surface area contributed by atoms with Crippen LogP contribution in [-0.4, -0.2) is 60.5 Å². The molecule has 0 saturated carbocycles. The standard InChI is InChI=1S/C29H30N4O3/c1-35-27-15-9-8-14-24(27)28-25(21-33(31-28)23-12-6-3-7-13-23)29(34)30-20-26(22-10-4-2-5-11-22)32-16-18-36-19-17-32/h2-15,21,26H,16-20H2,1H3,(H,30,34)/t26-/m1/s1. The Balaban J connectivity index is 1.46. The normalized spacial score (nSPS) is 14.8. The largest absolute Gasteiger partial charge is 0.496 e. The van der Waals surface area contributed by atoms with E-state index in [1.54, 1.807) is 18.0 Å². The van der Waals surface area contributed by atoms with Gasteiger partial charge in [0.05, 0.1) is 37.6 Å². The van der Waals surface area contributed by atoms with Crippen LogP contribution in [0.25, 0.3) is 16.9 Å². The van der Waals surface area contributed by atoms with E-state index in [1.807, 2.05) is 72.8 Å². The molecule has 1 amide bonds. The third-order valence-electron chi connectivity index (χ3n) is 6.47. The van der Waals surface area contributed by atoms with Gasteiger partial charge in [0.15, 0.2) is 0 Å². The van der Waals surface area contributed by atoms with Gasteiger partial charge in [-0.1, -0.05) is 60.7 Å². The molecule has 5 rings (SSSR count). The highest BCUT2D eigenvalue weighted by Gasteiger charge is 2.25. The van der Waals surface area contributed by atoms with E-state index in [-0.39, 0.29) is 11.9 Å². The number of carbonyl (C=O) groups is 1. The Morgan fingerprint density at radius 1 is 0.972 bits per heavy atom. The van der Waals surface area contributed by atoms with E-state index in [1.165, 1.54) is 5.56 Å². The van der Waals surface area contributed by atoms with Crippen molar-refractivity contribution in [3.63, 3.8) is 0 Å². The van der Waals surface area contributed by atoms with E-state index in [0.29, 0.717) is 36.8 Å². The van der Waals surface area contributed by atoms with Crippen LogP contribution in [0.1, 0.15) is 22.0 Å². The number of nitrogens with one attached hydrogen (secondary N) is 1. The number of benzene rings is 3. The van der Waals surface area contributed by atoms with Gasteiger partial charge in [-0.25, -0.2) is 4.68 Å². The van der Waals surface area contributed by atoms with Gasteiger partial charge in [-0.2, -0.15) is 5.10 Å². The summed E-state index contributed by atoms with van der Waals surface area (Å²) in [6.45, 7) is 3.52. The Labute approximate surface area is 211 Å². The molecule has 1 atom stereocenters. The second kappa shape index (κ2) is 11.2. The number of ether oxygens (including phenoxy) is 2. The third-order valence-corrected chi connectivity index (χ3v) is 6.47. The number of para-hydroxylation sites is 2. The van der Waals surface area contributed by atoms with E-state index in [4.69, 9.17) is 14.6 Å². The number of nitrogens with zero attached hydrogens (tertiary/aromatic N) is 3. The number of aromatic nitrogens is 2. The van der Waals surface area contributed by atoms with Crippen LogP contribution < -0.4 is 10.1 Å². The van der Waals surface area contributed by atoms with Crippen molar-refractivity contribution in [1.29, 1.82) is 0 Å². The summed E-state index contributed by atoms with van der Waals surface area (Å²) in [5.74, 6) is 0.493. The van der Waals surface area contributed by atoms with Crippen LogP contribution in [0.2, 0.25) is 0 Å². The number of hydrogen-bond acceptors (Lipinski definition) is 5. The van der Waals surface area contributed by atoms with Gasteiger partial charge in [-0.15, -0.1) is 0 Å². The Bertz CT molecular complexity index is 1280. The molecule has 1 saturated heterocycles. The molecule has 0 bridgehead atoms. The van der Waals surface area contributed by atoms with Gasteiger partial charge in [0.2, 0.25) is 0 Å². The van der Waals surface area contributed by atoms with E-state index in [0.717, 1.165) is 24.3 Å². The maximum atomic E-state index is 13.7. The van der Waals surface area contributed by atoms with Crippen LogP contribution in [-0.2, 0) is 4.74 Å². The van der Waals surface area contributed by atoms with E-state index >= 15 is 0 Å². The molecule has 1 fully saturated rings. The predicted molar refractivity (Wildman–Crippen MR) is 139 cm³/mol. The van der Waals surface area contributed by atoms with Gasteiger partial charge in [-0.3, -0.25) is 9.69 Å². The van der Waals surface area contributed by atoms with Gasteiger partial charge in [0.1, 0.15) is 11.4 Å². The lowest BCUT2D eigenvalue weighted by Gasteiger charge is -2.34. The second-order valence-corrected chi connectivity index (χ2v) is 8.66. The zero-order chi connectivity index (χ0) is 24.7. The van der Waals surface area contributed by atoms with Gasteiger partial charge < -0.3 is 14.8 Å². The van der Waals surface area contributed by atoms with E-state index in [9.17, 15) is 4.79 Å². The van der Waals surface area contributed by atoms with Crippen LogP contribution in [0.5, 0.6) is 5.75 Å². The lowest BCUT2D eigenvalue weighted by molar-refractivity contribution is 0.0162. The predicted octanol–water partition coefficient (Wildman–Crippen LogP) is 4.35. The second-order valence-electron chi connectivity index (χ2n) is 8.66. The third kappa shape index (κ3) is 5.17. The van der Waals surface area contributed by atoms with E-state index < -0.39 is 0 Å². The maximum absolute atomic E-state index is 13.7. The highest BCUT2D eigenvalue weighted by molar-refractivity contribution is 6.00. The molecule has 2 heterocycles. The fraction of sp³-hybridized carbons (Fsp3) is 0.241. The Morgan fingerprint density at radius 2 is 1.64 bits per heavy atom. The highest BCUT2D eigenvalue weighted by atomic mass is 16.5. The molecule has 184 valence electrons. The molecule has 1 aromatic heterocycles. The summed E-state index contributed by atoms with van der Waals surface area (Å²) in [6.07, 6.45) is 1.79. The summed E-state index contributed by atoms with van der Waals surface area (Å²) >= 11 is 0. The number of hydrogen-bond donors (Lipinski definition) is 1. The molecule has 0 aliphatic carbocycles. The summed E-state index contributed by atoms with van der Waals surface area (Å²) in [5, 5.41) is 8.00. The quantitative estimate of drug-likeness (QED) is 0.404. The van der Waals surface area contributed by atoms with Crippen molar-refractivity contribution in [2.24, 2.45) is 0 Å². The monoisotopic (exact) mass is 482 g/mol. The number of amides is 1. The summed E-state index contributed by atoms with van der Waals surface area (Å²) in [5.41, 5.74) is 3.90. The van der Waals surface area contributed by atoms with Crippen LogP contribution >= 0.6 is 0 Å². The summed E-state index contributed by atoms with van der Waals surface area (Å²) in [6, 6.07) is 27.8. The van der Waals surface area contributed by atoms with Gasteiger partial charge >= 0.3 is 0 Å². The fourth-order valence-electron chi connectivity index (χ4n) is 4.60. The van der Waals surface area contributed by atoms with Crippen molar-refractivity contribution >= 4 is 5.91 Å². The van der Waals surface area contributed by atoms with E-state index in [2.05, 4.69) is 22.3 Å². The molecule has 0 spiro atoms. The van der Waals surface area contributed by atoms with Crippen LogP contribution in [0.3, 0.4) is 0 Å². The lowest BCUT2D eigenvalue weighted by atomic mass is 10.0. The summed E-state index contributed by atoms with van der Waals surface area (Å²) in [7, 11) is 1.62. The van der Waals surface area contributed by atoms with Crippen molar-refractivity contribution in [3.8, 4) is 22.7 Å². The van der Waals surface area contributed by atoms with Crippen molar-refractivity contribution in [3.05, 3.63) is 102 Å². The van der Waals surface area contributed by atoms with Crippen LogP contribution in [0.4, 0.5) is 0 Å². The first-order valence-electron chi connectivity index (χ1n) is 12.2. The van der Waals surface area contributed by atoms with Crippen molar-refractivity contribution in [2.75, 3.05) is 40.0 Å².